The van der Waals surface area contributed by atoms with E-state index in [1.165, 1.54) is 0 Å². The first-order valence-electron chi connectivity index (χ1n) is 10.0. The van der Waals surface area contributed by atoms with Crippen LogP contribution in [0.3, 0.4) is 0 Å². The van der Waals surface area contributed by atoms with Crippen LogP contribution in [-0.2, 0) is 14.8 Å². The fourth-order valence-electron chi connectivity index (χ4n) is 3.33. The summed E-state index contributed by atoms with van der Waals surface area (Å²) in [4.78, 5) is 12.7. The highest BCUT2D eigenvalue weighted by Gasteiger charge is 2.25. The Hall–Kier alpha value is -2.38. The van der Waals surface area contributed by atoms with Crippen molar-refractivity contribution in [2.24, 2.45) is 0 Å². The Balaban J connectivity index is 1.63. The van der Waals surface area contributed by atoms with Crippen molar-refractivity contribution in [1.82, 2.24) is 4.31 Å². The van der Waals surface area contributed by atoms with Gasteiger partial charge in [-0.2, -0.15) is 4.31 Å². The molecule has 0 spiro atoms. The minimum atomic E-state index is -3.50. The van der Waals surface area contributed by atoms with Gasteiger partial charge in [0.05, 0.1) is 4.90 Å². The van der Waals surface area contributed by atoms with Gasteiger partial charge >= 0.3 is 0 Å². The highest BCUT2D eigenvalue weighted by molar-refractivity contribution is 7.89. The van der Waals surface area contributed by atoms with E-state index < -0.39 is 16.1 Å². The molecule has 1 fully saturated rings. The van der Waals surface area contributed by atoms with Crippen LogP contribution in [0.15, 0.2) is 53.4 Å². The van der Waals surface area contributed by atoms with Gasteiger partial charge in [-0.3, -0.25) is 4.79 Å². The van der Waals surface area contributed by atoms with Gasteiger partial charge in [-0.1, -0.05) is 25.0 Å². The molecule has 1 N–H and O–H groups in total. The fraction of sp³-hybridized carbons (Fsp3) is 0.409. The molecular weight excluding hydrogens is 388 g/mol. The maximum atomic E-state index is 12.8. The summed E-state index contributed by atoms with van der Waals surface area (Å²) in [6, 6.07) is 13.8. The van der Waals surface area contributed by atoms with Crippen molar-refractivity contribution in [2.75, 3.05) is 18.4 Å². The van der Waals surface area contributed by atoms with Crippen LogP contribution in [0.25, 0.3) is 0 Å². The average Bonchev–Trinajstić information content (AvgIpc) is 2.98. The van der Waals surface area contributed by atoms with Crippen molar-refractivity contribution >= 4 is 21.6 Å². The number of carbonyl (C=O) groups excluding carboxylic acids is 1. The zero-order valence-corrected chi connectivity index (χ0v) is 17.7. The van der Waals surface area contributed by atoms with E-state index in [0.29, 0.717) is 24.5 Å². The molecule has 1 atom stereocenters. The summed E-state index contributed by atoms with van der Waals surface area (Å²) < 4.78 is 32.9. The average molecular weight is 417 g/mol. The number of benzene rings is 2. The Bertz CT molecular complexity index is 934. The minimum absolute atomic E-state index is 0.251. The summed E-state index contributed by atoms with van der Waals surface area (Å²) in [7, 11) is -3.50. The molecule has 1 saturated heterocycles. The number of hydrogen-bond donors (Lipinski definition) is 1. The standard InChI is InChI=1S/C22H28N2O4S/c1-17-8-7-9-20(16-17)28-18(2)22(25)23-19-10-12-21(13-11-19)29(26,27)24-14-5-3-4-6-15-24/h7-13,16,18H,3-6,14-15H2,1-2H3,(H,23,25). The molecule has 3 rings (SSSR count). The number of sulfonamides is 1. The van der Waals surface area contributed by atoms with E-state index in [-0.39, 0.29) is 10.8 Å². The van der Waals surface area contributed by atoms with E-state index >= 15 is 0 Å². The van der Waals surface area contributed by atoms with Gasteiger partial charge in [0.25, 0.3) is 5.91 Å². The lowest BCUT2D eigenvalue weighted by molar-refractivity contribution is -0.122. The van der Waals surface area contributed by atoms with Crippen molar-refractivity contribution in [3.63, 3.8) is 0 Å². The van der Waals surface area contributed by atoms with Crippen LogP contribution in [0.5, 0.6) is 5.75 Å². The molecule has 0 bridgehead atoms. The summed E-state index contributed by atoms with van der Waals surface area (Å²) in [5.74, 6) is 0.334. The van der Waals surface area contributed by atoms with Gasteiger partial charge in [-0.05, 0) is 68.7 Å². The first kappa shape index (κ1) is 21.3. The number of amides is 1. The second-order valence-electron chi connectivity index (χ2n) is 7.41. The Morgan fingerprint density at radius 3 is 2.31 bits per heavy atom. The Morgan fingerprint density at radius 2 is 1.69 bits per heavy atom. The van der Waals surface area contributed by atoms with Crippen LogP contribution < -0.4 is 10.1 Å². The van der Waals surface area contributed by atoms with Gasteiger partial charge in [0.1, 0.15) is 5.75 Å². The number of nitrogens with one attached hydrogen (secondary N) is 1. The van der Waals surface area contributed by atoms with Crippen LogP contribution in [-0.4, -0.2) is 37.8 Å². The van der Waals surface area contributed by atoms with Crippen molar-refractivity contribution in [3.8, 4) is 5.75 Å². The molecule has 29 heavy (non-hydrogen) atoms. The first-order valence-corrected chi connectivity index (χ1v) is 11.4. The van der Waals surface area contributed by atoms with E-state index in [4.69, 9.17) is 4.74 Å². The largest absolute Gasteiger partial charge is 0.481 e. The van der Waals surface area contributed by atoms with Crippen LogP contribution in [0.4, 0.5) is 5.69 Å². The quantitative estimate of drug-likeness (QED) is 0.773. The lowest BCUT2D eigenvalue weighted by Gasteiger charge is -2.20. The molecule has 1 unspecified atom stereocenters. The van der Waals surface area contributed by atoms with Crippen LogP contribution >= 0.6 is 0 Å². The third kappa shape index (κ3) is 5.58. The number of ether oxygens (including phenoxy) is 1. The summed E-state index contributed by atoms with van der Waals surface area (Å²) in [5.41, 5.74) is 1.58. The van der Waals surface area contributed by atoms with Crippen molar-refractivity contribution in [2.45, 2.75) is 50.5 Å². The smallest absolute Gasteiger partial charge is 0.265 e. The van der Waals surface area contributed by atoms with E-state index in [1.807, 2.05) is 25.1 Å². The number of aryl methyl sites for hydroxylation is 1. The van der Waals surface area contributed by atoms with Gasteiger partial charge in [-0.25, -0.2) is 8.42 Å². The van der Waals surface area contributed by atoms with Crippen molar-refractivity contribution in [3.05, 3.63) is 54.1 Å². The molecule has 1 heterocycles. The van der Waals surface area contributed by atoms with Gasteiger partial charge in [0, 0.05) is 18.8 Å². The SMILES string of the molecule is Cc1cccc(OC(C)C(=O)Nc2ccc(S(=O)(=O)N3CCCCCC3)cc2)c1. The number of hydrogen-bond acceptors (Lipinski definition) is 4. The third-order valence-corrected chi connectivity index (χ3v) is 6.91. The molecule has 2 aromatic rings. The monoisotopic (exact) mass is 416 g/mol. The van der Waals surface area contributed by atoms with E-state index in [1.54, 1.807) is 41.6 Å². The molecule has 0 radical (unpaired) electrons. The third-order valence-electron chi connectivity index (χ3n) is 5.00. The van der Waals surface area contributed by atoms with Crippen LogP contribution in [0.1, 0.15) is 38.2 Å². The highest BCUT2D eigenvalue weighted by atomic mass is 32.2. The second-order valence-corrected chi connectivity index (χ2v) is 9.35. The molecule has 156 valence electrons. The van der Waals surface area contributed by atoms with E-state index in [9.17, 15) is 13.2 Å². The summed E-state index contributed by atoms with van der Waals surface area (Å²) in [5, 5.41) is 2.77. The maximum absolute atomic E-state index is 12.8. The summed E-state index contributed by atoms with van der Waals surface area (Å²) in [6.45, 7) is 4.76. The number of nitrogens with zero attached hydrogens (tertiary/aromatic N) is 1. The molecule has 1 aliphatic rings. The van der Waals surface area contributed by atoms with Gasteiger partial charge in [-0.15, -0.1) is 0 Å². The number of anilines is 1. The normalized spacial score (nSPS) is 16.6. The Kier molecular flexibility index (Phi) is 6.92. The fourth-order valence-corrected chi connectivity index (χ4v) is 4.85. The van der Waals surface area contributed by atoms with Gasteiger partial charge in [0.2, 0.25) is 10.0 Å². The predicted octanol–water partition coefficient (Wildman–Crippen LogP) is 3.97. The Morgan fingerprint density at radius 1 is 1.03 bits per heavy atom. The molecule has 7 heteroatoms. The molecule has 0 aromatic heterocycles. The zero-order chi connectivity index (χ0) is 20.9. The molecule has 6 nitrogen and oxygen atoms in total. The molecule has 2 aromatic carbocycles. The molecule has 0 aliphatic carbocycles. The molecule has 1 aliphatic heterocycles. The van der Waals surface area contributed by atoms with E-state index in [0.717, 1.165) is 31.2 Å². The first-order chi connectivity index (χ1) is 13.9. The highest BCUT2D eigenvalue weighted by Crippen LogP contribution is 2.22. The van der Waals surface area contributed by atoms with Crippen LogP contribution in [0.2, 0.25) is 0 Å². The number of carbonyl (C=O) groups is 1. The minimum Gasteiger partial charge on any atom is -0.481 e. The lowest BCUT2D eigenvalue weighted by atomic mass is 10.2. The molecule has 0 saturated carbocycles. The predicted molar refractivity (Wildman–Crippen MR) is 114 cm³/mol. The topological polar surface area (TPSA) is 75.7 Å². The Labute approximate surface area is 172 Å². The van der Waals surface area contributed by atoms with Crippen molar-refractivity contribution < 1.29 is 17.9 Å². The van der Waals surface area contributed by atoms with Gasteiger partial charge < -0.3 is 10.1 Å². The maximum Gasteiger partial charge on any atom is 0.265 e. The number of rotatable bonds is 6. The van der Waals surface area contributed by atoms with E-state index in [2.05, 4.69) is 5.32 Å². The molecular formula is C22H28N2O4S. The second kappa shape index (κ2) is 9.41. The van der Waals surface area contributed by atoms with Crippen molar-refractivity contribution in [1.29, 1.82) is 0 Å². The zero-order valence-electron chi connectivity index (χ0n) is 16.9. The van der Waals surface area contributed by atoms with Crippen LogP contribution in [0, 0.1) is 6.92 Å². The van der Waals surface area contributed by atoms with Gasteiger partial charge in [0.15, 0.2) is 6.10 Å². The molecule has 1 amide bonds. The summed E-state index contributed by atoms with van der Waals surface area (Å²) >= 11 is 0. The lowest BCUT2D eigenvalue weighted by Crippen LogP contribution is -2.32. The summed E-state index contributed by atoms with van der Waals surface area (Å²) in [6.07, 6.45) is 3.25.